The third-order valence-electron chi connectivity index (χ3n) is 1.89. The molecule has 70 valence electrons. The number of hydrogen-bond acceptors (Lipinski definition) is 1. The Morgan fingerprint density at radius 1 is 1.38 bits per heavy atom. The van der Waals surface area contributed by atoms with Crippen LogP contribution in [0.3, 0.4) is 0 Å². The highest BCUT2D eigenvalue weighted by Crippen LogP contribution is 2.09. The Morgan fingerprint density at radius 2 is 2.00 bits per heavy atom. The predicted molar refractivity (Wildman–Crippen MR) is 50.5 cm³/mol. The molecule has 0 N–H and O–H groups in total. The quantitative estimate of drug-likeness (QED) is 0.651. The molecule has 0 aliphatic carbocycles. The number of Topliss-reactive ketones (excluding diaryl/α,β-unsaturated/α-hetero) is 1. The van der Waals surface area contributed by atoms with E-state index in [0.717, 1.165) is 0 Å². The van der Waals surface area contributed by atoms with E-state index >= 15 is 0 Å². The minimum absolute atomic E-state index is 0.0192. The van der Waals surface area contributed by atoms with Crippen molar-refractivity contribution in [1.82, 2.24) is 0 Å². The molecule has 0 spiro atoms. The molecule has 0 aromatic heterocycles. The molecule has 0 saturated heterocycles. The zero-order valence-corrected chi connectivity index (χ0v) is 7.66. The van der Waals surface area contributed by atoms with E-state index < -0.39 is 6.67 Å². The molecule has 0 aliphatic rings. The maximum Gasteiger partial charge on any atom is 0.163 e. The van der Waals surface area contributed by atoms with E-state index in [1.165, 1.54) is 0 Å². The molecular weight excluding hydrogens is 167 g/mol. The molecule has 1 atom stereocenters. The molecule has 0 radical (unpaired) electrons. The molecule has 2 heteroatoms. The van der Waals surface area contributed by atoms with Crippen LogP contribution < -0.4 is 0 Å². The summed E-state index contributed by atoms with van der Waals surface area (Å²) in [6.45, 7) is 1.30. The summed E-state index contributed by atoms with van der Waals surface area (Å²) >= 11 is 0. The van der Waals surface area contributed by atoms with Crippen LogP contribution in [0.1, 0.15) is 23.7 Å². The Bertz CT molecular complexity index is 269. The number of carbonyl (C=O) groups excluding carboxylic acids is 1. The van der Waals surface area contributed by atoms with Crippen LogP contribution in [0, 0.1) is 5.92 Å². The standard InChI is InChI=1S/C11H13FO/c1-9(8-12)7-11(13)10-5-3-2-4-6-10/h2-6,9H,7-8H2,1H3. The van der Waals surface area contributed by atoms with Crippen molar-refractivity contribution in [3.8, 4) is 0 Å². The molecule has 1 aromatic rings. The first kappa shape index (κ1) is 9.90. The van der Waals surface area contributed by atoms with Crippen LogP contribution in [0.25, 0.3) is 0 Å². The predicted octanol–water partition coefficient (Wildman–Crippen LogP) is 2.87. The number of halogens is 1. The van der Waals surface area contributed by atoms with Gasteiger partial charge in [0, 0.05) is 12.0 Å². The third kappa shape index (κ3) is 2.98. The number of rotatable bonds is 4. The zero-order valence-electron chi connectivity index (χ0n) is 7.66. The van der Waals surface area contributed by atoms with Crippen LogP contribution in [-0.4, -0.2) is 12.5 Å². The first-order chi connectivity index (χ1) is 6.24. The summed E-state index contributed by atoms with van der Waals surface area (Å²) in [4.78, 5) is 11.4. The maximum atomic E-state index is 12.1. The van der Waals surface area contributed by atoms with Gasteiger partial charge < -0.3 is 0 Å². The van der Waals surface area contributed by atoms with Gasteiger partial charge in [0.25, 0.3) is 0 Å². The highest BCUT2D eigenvalue weighted by Gasteiger charge is 2.09. The van der Waals surface area contributed by atoms with Gasteiger partial charge in [0.15, 0.2) is 5.78 Å². The van der Waals surface area contributed by atoms with Crippen LogP contribution in [0.2, 0.25) is 0 Å². The lowest BCUT2D eigenvalue weighted by Crippen LogP contribution is -2.07. The first-order valence-electron chi connectivity index (χ1n) is 4.38. The van der Waals surface area contributed by atoms with Gasteiger partial charge in [0.2, 0.25) is 0 Å². The lowest BCUT2D eigenvalue weighted by Gasteiger charge is -2.04. The number of ketones is 1. The molecule has 0 bridgehead atoms. The SMILES string of the molecule is CC(CF)CC(=O)c1ccccc1. The molecule has 1 rings (SSSR count). The van der Waals surface area contributed by atoms with Crippen molar-refractivity contribution >= 4 is 5.78 Å². The molecule has 1 unspecified atom stereocenters. The Morgan fingerprint density at radius 3 is 2.54 bits per heavy atom. The lowest BCUT2D eigenvalue weighted by molar-refractivity contribution is 0.0958. The second kappa shape index (κ2) is 4.75. The molecule has 1 aromatic carbocycles. The number of carbonyl (C=O) groups is 1. The molecule has 0 aliphatic heterocycles. The molecule has 0 heterocycles. The van der Waals surface area contributed by atoms with Gasteiger partial charge in [-0.15, -0.1) is 0 Å². The third-order valence-corrected chi connectivity index (χ3v) is 1.89. The molecular formula is C11H13FO. The average Bonchev–Trinajstić information content (AvgIpc) is 2.19. The fourth-order valence-corrected chi connectivity index (χ4v) is 1.11. The van der Waals surface area contributed by atoms with E-state index in [1.54, 1.807) is 19.1 Å². The fourth-order valence-electron chi connectivity index (χ4n) is 1.11. The second-order valence-corrected chi connectivity index (χ2v) is 3.25. The van der Waals surface area contributed by atoms with Crippen molar-refractivity contribution in [1.29, 1.82) is 0 Å². The van der Waals surface area contributed by atoms with Crippen molar-refractivity contribution in [3.63, 3.8) is 0 Å². The van der Waals surface area contributed by atoms with Crippen LogP contribution in [0.4, 0.5) is 4.39 Å². The van der Waals surface area contributed by atoms with Crippen molar-refractivity contribution in [2.45, 2.75) is 13.3 Å². The molecule has 0 fully saturated rings. The van der Waals surface area contributed by atoms with E-state index in [9.17, 15) is 9.18 Å². The average molecular weight is 180 g/mol. The Hall–Kier alpha value is -1.18. The summed E-state index contributed by atoms with van der Waals surface area (Å²) in [5.41, 5.74) is 0.669. The summed E-state index contributed by atoms with van der Waals surface area (Å²) in [7, 11) is 0. The van der Waals surface area contributed by atoms with Crippen LogP contribution in [0.15, 0.2) is 30.3 Å². The summed E-state index contributed by atoms with van der Waals surface area (Å²) < 4.78 is 12.1. The molecule has 0 saturated carbocycles. The van der Waals surface area contributed by atoms with Crippen molar-refractivity contribution < 1.29 is 9.18 Å². The van der Waals surface area contributed by atoms with Gasteiger partial charge in [-0.3, -0.25) is 9.18 Å². The smallest absolute Gasteiger partial charge is 0.163 e. The highest BCUT2D eigenvalue weighted by molar-refractivity contribution is 5.96. The fraction of sp³-hybridized carbons (Fsp3) is 0.364. The van der Waals surface area contributed by atoms with E-state index in [2.05, 4.69) is 0 Å². The van der Waals surface area contributed by atoms with Gasteiger partial charge >= 0.3 is 0 Å². The summed E-state index contributed by atoms with van der Waals surface area (Å²) in [5, 5.41) is 0. The number of benzene rings is 1. The van der Waals surface area contributed by atoms with Crippen molar-refractivity contribution in [2.24, 2.45) is 5.92 Å². The van der Waals surface area contributed by atoms with E-state index in [1.807, 2.05) is 18.2 Å². The summed E-state index contributed by atoms with van der Waals surface area (Å²) in [6, 6.07) is 9.00. The first-order valence-corrected chi connectivity index (χ1v) is 4.38. The molecule has 1 nitrogen and oxygen atoms in total. The Balaban J connectivity index is 2.59. The van der Waals surface area contributed by atoms with E-state index in [4.69, 9.17) is 0 Å². The largest absolute Gasteiger partial charge is 0.294 e. The normalized spacial score (nSPS) is 12.5. The van der Waals surface area contributed by atoms with E-state index in [-0.39, 0.29) is 11.7 Å². The Kier molecular flexibility index (Phi) is 3.62. The van der Waals surface area contributed by atoms with Gasteiger partial charge in [-0.2, -0.15) is 0 Å². The van der Waals surface area contributed by atoms with Gasteiger partial charge in [0.05, 0.1) is 6.67 Å². The van der Waals surface area contributed by atoms with Crippen LogP contribution >= 0.6 is 0 Å². The summed E-state index contributed by atoms with van der Waals surface area (Å²) in [5.74, 6) is -0.154. The molecule has 0 amide bonds. The topological polar surface area (TPSA) is 17.1 Å². The monoisotopic (exact) mass is 180 g/mol. The van der Waals surface area contributed by atoms with Crippen molar-refractivity contribution in [2.75, 3.05) is 6.67 Å². The zero-order chi connectivity index (χ0) is 9.68. The minimum atomic E-state index is -0.432. The van der Waals surface area contributed by atoms with Gasteiger partial charge in [-0.05, 0) is 5.92 Å². The van der Waals surface area contributed by atoms with Crippen LogP contribution in [0.5, 0.6) is 0 Å². The van der Waals surface area contributed by atoms with Gasteiger partial charge in [-0.25, -0.2) is 0 Å². The van der Waals surface area contributed by atoms with Crippen LogP contribution in [-0.2, 0) is 0 Å². The van der Waals surface area contributed by atoms with Gasteiger partial charge in [-0.1, -0.05) is 37.3 Å². The lowest BCUT2D eigenvalue weighted by atomic mass is 10.0. The minimum Gasteiger partial charge on any atom is -0.294 e. The Labute approximate surface area is 77.6 Å². The summed E-state index contributed by atoms with van der Waals surface area (Å²) in [6.07, 6.45) is 0.292. The second-order valence-electron chi connectivity index (χ2n) is 3.25. The maximum absolute atomic E-state index is 12.1. The molecule has 13 heavy (non-hydrogen) atoms. The highest BCUT2D eigenvalue weighted by atomic mass is 19.1. The van der Waals surface area contributed by atoms with Gasteiger partial charge in [0.1, 0.15) is 0 Å². The van der Waals surface area contributed by atoms with E-state index in [0.29, 0.717) is 12.0 Å². The van der Waals surface area contributed by atoms with Crippen molar-refractivity contribution in [3.05, 3.63) is 35.9 Å². The number of hydrogen-bond donors (Lipinski definition) is 0. The number of alkyl halides is 1.